The predicted molar refractivity (Wildman–Crippen MR) is 123 cm³/mol. The van der Waals surface area contributed by atoms with Gasteiger partial charge >= 0.3 is 0 Å². The molecule has 6 heteroatoms. The van der Waals surface area contributed by atoms with Gasteiger partial charge in [0.05, 0.1) is 6.54 Å². The van der Waals surface area contributed by atoms with E-state index in [1.54, 1.807) is 0 Å². The van der Waals surface area contributed by atoms with Gasteiger partial charge in [-0.1, -0.05) is 24.6 Å². The Morgan fingerprint density at radius 2 is 1.78 bits per heavy atom. The fourth-order valence-corrected chi connectivity index (χ4v) is 3.78. The standard InChI is InChI=1S/C21H34N4O.HI/c1-2-22-21(23-13-18-24-14-7-4-8-15-24)25-16-11-20(12-17-25)26-19-9-5-3-6-10-19;/h3,5-6,9-10,20H,2,4,7-8,11-18H2,1H3,(H,22,23);1H. The van der Waals surface area contributed by atoms with Gasteiger partial charge in [-0.2, -0.15) is 0 Å². The van der Waals surface area contributed by atoms with Crippen LogP contribution in [0, 0.1) is 0 Å². The molecule has 0 bridgehead atoms. The molecule has 2 aliphatic rings. The van der Waals surface area contributed by atoms with Crippen LogP contribution in [0.4, 0.5) is 0 Å². The second-order valence-electron chi connectivity index (χ2n) is 7.26. The summed E-state index contributed by atoms with van der Waals surface area (Å²) in [4.78, 5) is 9.83. The Balaban J connectivity index is 0.00000261. The number of ether oxygens (including phenoxy) is 1. The molecule has 1 N–H and O–H groups in total. The molecule has 152 valence electrons. The molecule has 2 aliphatic heterocycles. The Bertz CT molecular complexity index is 540. The summed E-state index contributed by atoms with van der Waals surface area (Å²) in [5.74, 6) is 2.05. The normalized spacial score (nSPS) is 19.4. The number of aliphatic imine (C=N–C) groups is 1. The van der Waals surface area contributed by atoms with Gasteiger partial charge in [0, 0.05) is 39.0 Å². The van der Waals surface area contributed by atoms with Crippen molar-refractivity contribution >= 4 is 29.9 Å². The molecular weight excluding hydrogens is 451 g/mol. The molecule has 0 spiro atoms. The number of nitrogens with one attached hydrogen (secondary N) is 1. The van der Waals surface area contributed by atoms with Crippen molar-refractivity contribution in [3.63, 3.8) is 0 Å². The van der Waals surface area contributed by atoms with Crippen LogP contribution < -0.4 is 10.1 Å². The lowest BCUT2D eigenvalue weighted by Crippen LogP contribution is -2.47. The van der Waals surface area contributed by atoms with Gasteiger partial charge in [-0.15, -0.1) is 24.0 Å². The van der Waals surface area contributed by atoms with E-state index >= 15 is 0 Å². The molecule has 0 aromatic heterocycles. The van der Waals surface area contributed by atoms with Crippen molar-refractivity contribution in [3.8, 4) is 5.75 Å². The molecule has 2 fully saturated rings. The number of rotatable bonds is 6. The lowest BCUT2D eigenvalue weighted by Gasteiger charge is -2.34. The average Bonchev–Trinajstić information content (AvgIpc) is 2.70. The largest absolute Gasteiger partial charge is 0.490 e. The third-order valence-corrected chi connectivity index (χ3v) is 5.25. The number of hydrogen-bond acceptors (Lipinski definition) is 3. The van der Waals surface area contributed by atoms with E-state index in [0.29, 0.717) is 6.10 Å². The summed E-state index contributed by atoms with van der Waals surface area (Å²) < 4.78 is 6.11. The zero-order chi connectivity index (χ0) is 18.0. The molecule has 3 rings (SSSR count). The molecule has 0 atom stereocenters. The molecule has 2 saturated heterocycles. The third-order valence-electron chi connectivity index (χ3n) is 5.25. The number of para-hydroxylation sites is 1. The van der Waals surface area contributed by atoms with Crippen molar-refractivity contribution in [1.82, 2.24) is 15.1 Å². The number of likely N-dealkylation sites (tertiary alicyclic amines) is 2. The first-order valence-electron chi connectivity index (χ1n) is 10.3. The first-order chi connectivity index (χ1) is 12.8. The first-order valence-corrected chi connectivity index (χ1v) is 10.3. The number of nitrogens with zero attached hydrogens (tertiary/aromatic N) is 3. The molecule has 0 unspecified atom stereocenters. The highest BCUT2D eigenvalue weighted by Crippen LogP contribution is 2.18. The third kappa shape index (κ3) is 7.49. The fourth-order valence-electron chi connectivity index (χ4n) is 3.78. The molecule has 0 amide bonds. The zero-order valence-electron chi connectivity index (χ0n) is 16.6. The Kier molecular flexibility index (Phi) is 10.3. The lowest BCUT2D eigenvalue weighted by molar-refractivity contribution is 0.129. The van der Waals surface area contributed by atoms with Gasteiger partial charge in [0.25, 0.3) is 0 Å². The van der Waals surface area contributed by atoms with E-state index in [0.717, 1.165) is 57.3 Å². The molecule has 0 saturated carbocycles. The number of piperidine rings is 2. The van der Waals surface area contributed by atoms with Gasteiger partial charge in [0.1, 0.15) is 11.9 Å². The van der Waals surface area contributed by atoms with Crippen molar-refractivity contribution in [2.75, 3.05) is 45.8 Å². The summed E-state index contributed by atoms with van der Waals surface area (Å²) in [6, 6.07) is 10.2. The van der Waals surface area contributed by atoms with Crippen LogP contribution in [-0.4, -0.2) is 67.7 Å². The minimum Gasteiger partial charge on any atom is -0.490 e. The summed E-state index contributed by atoms with van der Waals surface area (Å²) in [6.07, 6.45) is 6.49. The minimum absolute atomic E-state index is 0. The van der Waals surface area contributed by atoms with Crippen molar-refractivity contribution < 1.29 is 4.74 Å². The van der Waals surface area contributed by atoms with Gasteiger partial charge in [0.15, 0.2) is 5.96 Å². The van der Waals surface area contributed by atoms with Gasteiger partial charge in [-0.25, -0.2) is 0 Å². The number of benzene rings is 1. The highest BCUT2D eigenvalue weighted by molar-refractivity contribution is 14.0. The maximum absolute atomic E-state index is 6.11. The van der Waals surface area contributed by atoms with E-state index in [2.05, 4.69) is 22.0 Å². The molecule has 1 aromatic carbocycles. The second-order valence-corrected chi connectivity index (χ2v) is 7.26. The van der Waals surface area contributed by atoms with Crippen LogP contribution in [-0.2, 0) is 0 Å². The molecule has 27 heavy (non-hydrogen) atoms. The lowest BCUT2D eigenvalue weighted by atomic mass is 10.1. The van der Waals surface area contributed by atoms with E-state index in [4.69, 9.17) is 9.73 Å². The topological polar surface area (TPSA) is 40.1 Å². The van der Waals surface area contributed by atoms with E-state index in [1.165, 1.54) is 32.4 Å². The van der Waals surface area contributed by atoms with Crippen LogP contribution >= 0.6 is 24.0 Å². The molecule has 1 aromatic rings. The van der Waals surface area contributed by atoms with Crippen LogP contribution in [0.15, 0.2) is 35.3 Å². The van der Waals surface area contributed by atoms with E-state index in [9.17, 15) is 0 Å². The van der Waals surface area contributed by atoms with Gasteiger partial charge in [0.2, 0.25) is 0 Å². The van der Waals surface area contributed by atoms with Crippen molar-refractivity contribution in [2.45, 2.75) is 45.1 Å². The van der Waals surface area contributed by atoms with E-state index in [-0.39, 0.29) is 24.0 Å². The molecule has 0 aliphatic carbocycles. The summed E-state index contributed by atoms with van der Waals surface area (Å²) in [5, 5.41) is 3.47. The number of halogens is 1. The number of hydrogen-bond donors (Lipinski definition) is 1. The fraction of sp³-hybridized carbons (Fsp3) is 0.667. The Morgan fingerprint density at radius 1 is 1.07 bits per heavy atom. The molecule has 0 radical (unpaired) electrons. The predicted octanol–water partition coefficient (Wildman–Crippen LogP) is 3.60. The van der Waals surface area contributed by atoms with E-state index < -0.39 is 0 Å². The highest BCUT2D eigenvalue weighted by Gasteiger charge is 2.22. The van der Waals surface area contributed by atoms with Crippen molar-refractivity contribution in [2.24, 2.45) is 4.99 Å². The van der Waals surface area contributed by atoms with Crippen molar-refractivity contribution in [1.29, 1.82) is 0 Å². The summed E-state index contributed by atoms with van der Waals surface area (Å²) in [6.45, 7) is 9.54. The smallest absolute Gasteiger partial charge is 0.193 e. The van der Waals surface area contributed by atoms with Crippen LogP contribution in [0.5, 0.6) is 5.75 Å². The van der Waals surface area contributed by atoms with Crippen LogP contribution in [0.3, 0.4) is 0 Å². The van der Waals surface area contributed by atoms with Gasteiger partial charge < -0.3 is 19.9 Å². The maximum atomic E-state index is 6.11. The minimum atomic E-state index is 0. The van der Waals surface area contributed by atoms with Gasteiger partial charge in [-0.05, 0) is 45.0 Å². The monoisotopic (exact) mass is 486 g/mol. The van der Waals surface area contributed by atoms with Crippen LogP contribution in [0.25, 0.3) is 0 Å². The Morgan fingerprint density at radius 3 is 2.44 bits per heavy atom. The second kappa shape index (κ2) is 12.4. The quantitative estimate of drug-likeness (QED) is 0.379. The van der Waals surface area contributed by atoms with E-state index in [1.807, 2.05) is 30.3 Å². The number of guanidine groups is 1. The van der Waals surface area contributed by atoms with Crippen LogP contribution in [0.2, 0.25) is 0 Å². The summed E-state index contributed by atoms with van der Waals surface area (Å²) in [7, 11) is 0. The molecular formula is C21H35IN4O. The van der Waals surface area contributed by atoms with Gasteiger partial charge in [-0.3, -0.25) is 4.99 Å². The highest BCUT2D eigenvalue weighted by atomic mass is 127. The maximum Gasteiger partial charge on any atom is 0.193 e. The SMILES string of the molecule is CCNC(=NCCN1CCCCC1)N1CCC(Oc2ccccc2)CC1.I. The Hall–Kier alpha value is -1.02. The average molecular weight is 486 g/mol. The Labute approximate surface area is 181 Å². The van der Waals surface area contributed by atoms with Crippen molar-refractivity contribution in [3.05, 3.63) is 30.3 Å². The summed E-state index contributed by atoms with van der Waals surface area (Å²) >= 11 is 0. The van der Waals surface area contributed by atoms with Crippen LogP contribution in [0.1, 0.15) is 39.0 Å². The summed E-state index contributed by atoms with van der Waals surface area (Å²) in [5.41, 5.74) is 0. The molecule has 2 heterocycles. The molecule has 5 nitrogen and oxygen atoms in total. The zero-order valence-corrected chi connectivity index (χ0v) is 18.9. The first kappa shape index (κ1) is 22.3.